The lowest BCUT2D eigenvalue weighted by Gasteiger charge is -2.00. The van der Waals surface area contributed by atoms with Gasteiger partial charge in [-0.3, -0.25) is 10.1 Å². The minimum Gasteiger partial charge on any atom is -0.330 e. The first kappa shape index (κ1) is 14.1. The second kappa shape index (κ2) is 6.20. The molecule has 0 saturated carbocycles. The van der Waals surface area contributed by atoms with Gasteiger partial charge in [0.15, 0.2) is 0 Å². The number of rotatable bonds is 6. The Labute approximate surface area is 114 Å². The fourth-order valence-corrected chi connectivity index (χ4v) is 1.79. The first-order valence-electron chi connectivity index (χ1n) is 6.17. The van der Waals surface area contributed by atoms with Gasteiger partial charge in [0, 0.05) is 12.1 Å². The molecule has 0 radical (unpaired) electrons. The van der Waals surface area contributed by atoms with Crippen LogP contribution in [0.3, 0.4) is 0 Å². The number of nitro groups is 1. The van der Waals surface area contributed by atoms with Crippen LogP contribution in [0, 0.1) is 15.9 Å². The molecule has 0 aliphatic carbocycles. The van der Waals surface area contributed by atoms with Gasteiger partial charge in [-0.1, -0.05) is 5.21 Å². The average molecular weight is 279 g/mol. The van der Waals surface area contributed by atoms with Crippen LogP contribution in [0.2, 0.25) is 0 Å². The van der Waals surface area contributed by atoms with Gasteiger partial charge in [0.1, 0.15) is 5.82 Å². The Kier molecular flexibility index (Phi) is 4.36. The van der Waals surface area contributed by atoms with E-state index in [1.807, 2.05) is 0 Å². The second-order valence-electron chi connectivity index (χ2n) is 4.32. The molecule has 1 heterocycles. The lowest BCUT2D eigenvalue weighted by molar-refractivity contribution is -0.385. The maximum atomic E-state index is 13.3. The standard InChI is InChI=1S/C12H14FN5O2/c13-9-5-11(7-12(6-9)18(19)20)17-8-10(15-16-17)3-1-2-4-14/h5-8H,1-4,14H2. The maximum absolute atomic E-state index is 13.3. The van der Waals surface area contributed by atoms with Crippen molar-refractivity contribution in [2.24, 2.45) is 5.73 Å². The molecule has 2 rings (SSSR count). The van der Waals surface area contributed by atoms with E-state index < -0.39 is 10.7 Å². The summed E-state index contributed by atoms with van der Waals surface area (Å²) in [7, 11) is 0. The molecule has 0 unspecified atom stereocenters. The van der Waals surface area contributed by atoms with E-state index in [4.69, 9.17) is 5.73 Å². The van der Waals surface area contributed by atoms with Gasteiger partial charge in [0.05, 0.1) is 28.6 Å². The lowest BCUT2D eigenvalue weighted by Crippen LogP contribution is -1.99. The van der Waals surface area contributed by atoms with Gasteiger partial charge in [-0.05, 0) is 25.8 Å². The van der Waals surface area contributed by atoms with E-state index in [9.17, 15) is 14.5 Å². The summed E-state index contributed by atoms with van der Waals surface area (Å²) in [5.41, 5.74) is 6.10. The number of nitro benzene ring substituents is 1. The highest BCUT2D eigenvalue weighted by Crippen LogP contribution is 2.19. The van der Waals surface area contributed by atoms with Crippen molar-refractivity contribution < 1.29 is 9.31 Å². The highest BCUT2D eigenvalue weighted by molar-refractivity contribution is 5.43. The number of benzene rings is 1. The van der Waals surface area contributed by atoms with Crippen molar-refractivity contribution in [2.75, 3.05) is 6.54 Å². The van der Waals surface area contributed by atoms with Gasteiger partial charge in [0.25, 0.3) is 5.69 Å². The average Bonchev–Trinajstić information content (AvgIpc) is 2.87. The molecule has 20 heavy (non-hydrogen) atoms. The molecule has 0 aliphatic rings. The van der Waals surface area contributed by atoms with E-state index in [0.717, 1.165) is 24.6 Å². The molecular formula is C12H14FN5O2. The van der Waals surface area contributed by atoms with Crippen molar-refractivity contribution in [3.63, 3.8) is 0 Å². The molecule has 1 aromatic carbocycles. The number of nitrogens with two attached hydrogens (primary N) is 1. The fourth-order valence-electron chi connectivity index (χ4n) is 1.79. The van der Waals surface area contributed by atoms with Gasteiger partial charge >= 0.3 is 0 Å². The van der Waals surface area contributed by atoms with Gasteiger partial charge in [-0.25, -0.2) is 9.07 Å². The molecule has 0 saturated heterocycles. The monoisotopic (exact) mass is 279 g/mol. The topological polar surface area (TPSA) is 99.9 Å². The smallest absolute Gasteiger partial charge is 0.274 e. The van der Waals surface area contributed by atoms with Crippen molar-refractivity contribution in [1.29, 1.82) is 0 Å². The van der Waals surface area contributed by atoms with Crippen LogP contribution < -0.4 is 5.73 Å². The summed E-state index contributed by atoms with van der Waals surface area (Å²) in [4.78, 5) is 10.1. The predicted octanol–water partition coefficient (Wildman–Crippen LogP) is 1.60. The van der Waals surface area contributed by atoms with E-state index in [-0.39, 0.29) is 11.4 Å². The number of unbranched alkanes of at least 4 members (excludes halogenated alkanes) is 1. The van der Waals surface area contributed by atoms with Gasteiger partial charge in [-0.15, -0.1) is 5.10 Å². The summed E-state index contributed by atoms with van der Waals surface area (Å²) in [5.74, 6) is -0.686. The van der Waals surface area contributed by atoms with Crippen LogP contribution in [0.15, 0.2) is 24.4 Å². The summed E-state index contributed by atoms with van der Waals surface area (Å²) in [5, 5.41) is 18.5. The first-order chi connectivity index (χ1) is 9.60. The van der Waals surface area contributed by atoms with Crippen LogP contribution in [-0.4, -0.2) is 26.5 Å². The van der Waals surface area contributed by atoms with E-state index in [1.54, 1.807) is 6.20 Å². The van der Waals surface area contributed by atoms with E-state index in [0.29, 0.717) is 13.0 Å². The predicted molar refractivity (Wildman–Crippen MR) is 70.0 cm³/mol. The molecule has 1 aromatic heterocycles. The van der Waals surface area contributed by atoms with Crippen molar-refractivity contribution in [1.82, 2.24) is 15.0 Å². The van der Waals surface area contributed by atoms with Crippen LogP contribution in [0.5, 0.6) is 0 Å². The molecule has 0 aliphatic heterocycles. The van der Waals surface area contributed by atoms with Crippen molar-refractivity contribution >= 4 is 5.69 Å². The number of hydrogen-bond donors (Lipinski definition) is 1. The van der Waals surface area contributed by atoms with E-state index >= 15 is 0 Å². The molecule has 0 atom stereocenters. The summed E-state index contributed by atoms with van der Waals surface area (Å²) >= 11 is 0. The van der Waals surface area contributed by atoms with Crippen LogP contribution in [0.4, 0.5) is 10.1 Å². The second-order valence-corrected chi connectivity index (χ2v) is 4.32. The zero-order valence-corrected chi connectivity index (χ0v) is 10.7. The van der Waals surface area contributed by atoms with E-state index in [2.05, 4.69) is 10.3 Å². The first-order valence-corrected chi connectivity index (χ1v) is 6.17. The third kappa shape index (κ3) is 3.35. The van der Waals surface area contributed by atoms with Gasteiger partial charge in [-0.2, -0.15) is 0 Å². The zero-order valence-electron chi connectivity index (χ0n) is 10.7. The largest absolute Gasteiger partial charge is 0.330 e. The quantitative estimate of drug-likeness (QED) is 0.491. The highest BCUT2D eigenvalue weighted by atomic mass is 19.1. The minimum absolute atomic E-state index is 0.272. The van der Waals surface area contributed by atoms with Crippen LogP contribution in [0.25, 0.3) is 5.69 Å². The highest BCUT2D eigenvalue weighted by Gasteiger charge is 2.12. The van der Waals surface area contributed by atoms with Crippen LogP contribution in [-0.2, 0) is 6.42 Å². The molecule has 8 heteroatoms. The number of hydrogen-bond acceptors (Lipinski definition) is 5. The van der Waals surface area contributed by atoms with Crippen molar-refractivity contribution in [2.45, 2.75) is 19.3 Å². The Morgan fingerprint density at radius 1 is 1.35 bits per heavy atom. The third-order valence-electron chi connectivity index (χ3n) is 2.77. The summed E-state index contributed by atoms with van der Waals surface area (Å²) < 4.78 is 14.7. The van der Waals surface area contributed by atoms with Crippen molar-refractivity contribution in [3.05, 3.63) is 46.0 Å². The molecule has 0 spiro atoms. The Hall–Kier alpha value is -2.35. The number of aromatic nitrogens is 3. The summed E-state index contributed by atoms with van der Waals surface area (Å²) in [6.07, 6.45) is 4.13. The number of halogens is 1. The van der Waals surface area contributed by atoms with Gasteiger partial charge < -0.3 is 5.73 Å². The maximum Gasteiger partial charge on any atom is 0.274 e. The zero-order chi connectivity index (χ0) is 14.5. The SMILES string of the molecule is NCCCCc1cn(-c2cc(F)cc([N+](=O)[O-])c2)nn1. The normalized spacial score (nSPS) is 10.7. The molecular weight excluding hydrogens is 265 g/mol. The van der Waals surface area contributed by atoms with Crippen LogP contribution in [0.1, 0.15) is 18.5 Å². The molecule has 106 valence electrons. The molecule has 0 amide bonds. The Bertz CT molecular complexity index is 614. The molecule has 0 bridgehead atoms. The summed E-state index contributed by atoms with van der Waals surface area (Å²) in [6, 6.07) is 3.29. The molecule has 0 fully saturated rings. The minimum atomic E-state index is -0.686. The lowest BCUT2D eigenvalue weighted by atomic mass is 10.2. The number of non-ortho nitro benzene ring substituents is 1. The Balaban J connectivity index is 2.21. The third-order valence-corrected chi connectivity index (χ3v) is 2.77. The molecule has 2 aromatic rings. The van der Waals surface area contributed by atoms with Gasteiger partial charge in [0.2, 0.25) is 0 Å². The Morgan fingerprint density at radius 2 is 2.15 bits per heavy atom. The molecule has 2 N–H and O–H groups in total. The fraction of sp³-hybridized carbons (Fsp3) is 0.333. The Morgan fingerprint density at radius 3 is 2.85 bits per heavy atom. The summed E-state index contributed by atoms with van der Waals surface area (Å²) in [6.45, 7) is 0.615. The number of nitrogens with zero attached hydrogens (tertiary/aromatic N) is 4. The van der Waals surface area contributed by atoms with Crippen molar-refractivity contribution in [3.8, 4) is 5.69 Å². The van der Waals surface area contributed by atoms with Crippen LogP contribution >= 0.6 is 0 Å². The molecule has 7 nitrogen and oxygen atoms in total. The number of aryl methyl sites for hydroxylation is 1. The van der Waals surface area contributed by atoms with E-state index in [1.165, 1.54) is 16.8 Å².